The van der Waals surface area contributed by atoms with Gasteiger partial charge in [0.15, 0.2) is 11.5 Å². The molecule has 0 fully saturated rings. The third-order valence-electron chi connectivity index (χ3n) is 6.17. The van der Waals surface area contributed by atoms with E-state index in [1.165, 1.54) is 6.33 Å². The van der Waals surface area contributed by atoms with Crippen LogP contribution in [0.15, 0.2) is 73.1 Å². The van der Waals surface area contributed by atoms with E-state index in [0.717, 1.165) is 22.6 Å². The van der Waals surface area contributed by atoms with Crippen LogP contribution in [0.2, 0.25) is 0 Å². The van der Waals surface area contributed by atoms with Gasteiger partial charge in [-0.25, -0.2) is 14.6 Å². The molecule has 0 N–H and O–H groups in total. The summed E-state index contributed by atoms with van der Waals surface area (Å²) in [5.41, 5.74) is 4.77. The first-order valence-corrected chi connectivity index (χ1v) is 12.1. The summed E-state index contributed by atoms with van der Waals surface area (Å²) < 4.78 is 19.0. The highest BCUT2D eigenvalue weighted by Gasteiger charge is 2.22. The molecule has 5 aromatic rings. The Labute approximate surface area is 221 Å². The maximum Gasteiger partial charge on any atom is 0.230 e. The molecule has 0 unspecified atom stereocenters. The number of ether oxygens (including phenoxy) is 3. The molecule has 8 nitrogen and oxygen atoms in total. The van der Waals surface area contributed by atoms with Gasteiger partial charge in [-0.05, 0) is 48.5 Å². The fourth-order valence-corrected chi connectivity index (χ4v) is 4.10. The van der Waals surface area contributed by atoms with E-state index in [4.69, 9.17) is 19.3 Å². The second-order valence-electron chi connectivity index (χ2n) is 9.77. The number of hydrogen-bond acceptors (Lipinski definition) is 7. The molecule has 0 atom stereocenters. The van der Waals surface area contributed by atoms with Gasteiger partial charge in [0.2, 0.25) is 5.88 Å². The standard InChI is InChI=1S/C30H27N5O3/c1-30(2,3)28-16-25(35(34-28)21-11-9-19(17-31)10-12-21)20-7-6-8-22(13-20)38-29-23-14-26(36-4)27(37-5)15-24(23)32-18-33-29/h6-16,18H,1-5H3. The summed E-state index contributed by atoms with van der Waals surface area (Å²) in [4.78, 5) is 8.74. The lowest BCUT2D eigenvalue weighted by Gasteiger charge is -2.14. The van der Waals surface area contributed by atoms with Gasteiger partial charge in [-0.3, -0.25) is 0 Å². The predicted molar refractivity (Wildman–Crippen MR) is 145 cm³/mol. The Hall–Kier alpha value is -4.90. The number of nitrogens with zero attached hydrogens (tertiary/aromatic N) is 5. The van der Waals surface area contributed by atoms with Gasteiger partial charge in [0.05, 0.1) is 53.8 Å². The largest absolute Gasteiger partial charge is 0.493 e. The molecule has 0 aliphatic carbocycles. The highest BCUT2D eigenvalue weighted by Crippen LogP contribution is 2.37. The Morgan fingerprint density at radius 2 is 1.61 bits per heavy atom. The van der Waals surface area contributed by atoms with Gasteiger partial charge in [-0.1, -0.05) is 32.9 Å². The number of hydrogen-bond donors (Lipinski definition) is 0. The van der Waals surface area contributed by atoms with Crippen LogP contribution in [0.1, 0.15) is 32.0 Å². The second kappa shape index (κ2) is 9.87. The van der Waals surface area contributed by atoms with Crippen LogP contribution in [0.25, 0.3) is 27.8 Å². The van der Waals surface area contributed by atoms with E-state index in [-0.39, 0.29) is 5.41 Å². The number of rotatable bonds is 6. The number of fused-ring (bicyclic) bond motifs is 1. The first-order valence-electron chi connectivity index (χ1n) is 12.1. The lowest BCUT2D eigenvalue weighted by atomic mass is 9.92. The van der Waals surface area contributed by atoms with Gasteiger partial charge in [0, 0.05) is 17.0 Å². The molecule has 0 radical (unpaired) electrons. The molecule has 0 saturated carbocycles. The van der Waals surface area contributed by atoms with E-state index in [1.807, 2.05) is 47.1 Å². The molecule has 38 heavy (non-hydrogen) atoms. The minimum atomic E-state index is -0.152. The smallest absolute Gasteiger partial charge is 0.230 e. The van der Waals surface area contributed by atoms with Crippen molar-refractivity contribution in [3.8, 4) is 46.1 Å². The molecule has 0 saturated heterocycles. The molecule has 2 aromatic heterocycles. The van der Waals surface area contributed by atoms with Crippen LogP contribution in [0.3, 0.4) is 0 Å². The quantitative estimate of drug-likeness (QED) is 0.261. The fraction of sp³-hybridized carbons (Fsp3) is 0.200. The predicted octanol–water partition coefficient (Wildman–Crippen LogP) is 6.46. The lowest BCUT2D eigenvalue weighted by molar-refractivity contribution is 0.355. The van der Waals surface area contributed by atoms with Crippen molar-refractivity contribution in [1.29, 1.82) is 5.26 Å². The molecule has 2 heterocycles. The monoisotopic (exact) mass is 505 g/mol. The van der Waals surface area contributed by atoms with E-state index in [1.54, 1.807) is 32.4 Å². The number of benzene rings is 3. The summed E-state index contributed by atoms with van der Waals surface area (Å²) in [6.07, 6.45) is 1.46. The van der Waals surface area contributed by atoms with Crippen molar-refractivity contribution in [1.82, 2.24) is 19.7 Å². The maximum absolute atomic E-state index is 9.21. The molecule has 0 aliphatic rings. The van der Waals surface area contributed by atoms with Crippen molar-refractivity contribution in [2.24, 2.45) is 0 Å². The van der Waals surface area contributed by atoms with Gasteiger partial charge in [0.1, 0.15) is 12.1 Å². The van der Waals surface area contributed by atoms with Gasteiger partial charge >= 0.3 is 0 Å². The lowest BCUT2D eigenvalue weighted by Crippen LogP contribution is -2.12. The van der Waals surface area contributed by atoms with Gasteiger partial charge in [0.25, 0.3) is 0 Å². The fourth-order valence-electron chi connectivity index (χ4n) is 4.10. The maximum atomic E-state index is 9.21. The first kappa shape index (κ1) is 24.8. The Morgan fingerprint density at radius 3 is 2.29 bits per heavy atom. The minimum absolute atomic E-state index is 0.152. The average molecular weight is 506 g/mol. The third-order valence-corrected chi connectivity index (χ3v) is 6.17. The molecule has 0 bridgehead atoms. The van der Waals surface area contributed by atoms with E-state index >= 15 is 0 Å². The van der Waals surface area contributed by atoms with Crippen LogP contribution >= 0.6 is 0 Å². The van der Waals surface area contributed by atoms with Crippen LogP contribution in [-0.4, -0.2) is 34.0 Å². The van der Waals surface area contributed by atoms with E-state index in [2.05, 4.69) is 42.9 Å². The zero-order valence-electron chi connectivity index (χ0n) is 21.9. The Kier molecular flexibility index (Phi) is 6.43. The number of aromatic nitrogens is 4. The van der Waals surface area contributed by atoms with Crippen LogP contribution in [0, 0.1) is 11.3 Å². The Bertz CT molecular complexity index is 1660. The Morgan fingerprint density at radius 1 is 0.868 bits per heavy atom. The highest BCUT2D eigenvalue weighted by atomic mass is 16.5. The van der Waals surface area contributed by atoms with Crippen LogP contribution in [0.5, 0.6) is 23.1 Å². The van der Waals surface area contributed by atoms with Crippen LogP contribution < -0.4 is 14.2 Å². The topological polar surface area (TPSA) is 95.1 Å². The summed E-state index contributed by atoms with van der Waals surface area (Å²) in [5.74, 6) is 2.16. The number of methoxy groups -OCH3 is 2. The van der Waals surface area contributed by atoms with Gasteiger partial charge in [-0.15, -0.1) is 0 Å². The van der Waals surface area contributed by atoms with E-state index in [0.29, 0.717) is 39.6 Å². The van der Waals surface area contributed by atoms with E-state index in [9.17, 15) is 5.26 Å². The van der Waals surface area contributed by atoms with Gasteiger partial charge in [-0.2, -0.15) is 10.4 Å². The summed E-state index contributed by atoms with van der Waals surface area (Å²) in [7, 11) is 3.17. The Balaban J connectivity index is 1.57. The van der Waals surface area contributed by atoms with Gasteiger partial charge < -0.3 is 14.2 Å². The minimum Gasteiger partial charge on any atom is -0.493 e. The van der Waals surface area contributed by atoms with Crippen molar-refractivity contribution in [2.75, 3.05) is 14.2 Å². The second-order valence-corrected chi connectivity index (χ2v) is 9.77. The summed E-state index contributed by atoms with van der Waals surface area (Å²) in [5, 5.41) is 14.8. The number of nitriles is 1. The first-order chi connectivity index (χ1) is 18.3. The van der Waals surface area contributed by atoms with Crippen molar-refractivity contribution in [3.05, 3.63) is 84.3 Å². The molecule has 3 aromatic carbocycles. The van der Waals surface area contributed by atoms with Crippen LogP contribution in [-0.2, 0) is 5.41 Å². The molecule has 0 spiro atoms. The molecule has 190 valence electrons. The molecule has 5 rings (SSSR count). The molecule has 0 amide bonds. The molecular weight excluding hydrogens is 478 g/mol. The van der Waals surface area contributed by atoms with Crippen molar-refractivity contribution in [2.45, 2.75) is 26.2 Å². The van der Waals surface area contributed by atoms with E-state index < -0.39 is 0 Å². The third kappa shape index (κ3) is 4.74. The molecule has 8 heteroatoms. The summed E-state index contributed by atoms with van der Waals surface area (Å²) in [6, 6.07) is 23.0. The van der Waals surface area contributed by atoms with Crippen LogP contribution in [0.4, 0.5) is 0 Å². The summed E-state index contributed by atoms with van der Waals surface area (Å²) >= 11 is 0. The van der Waals surface area contributed by atoms with Crippen molar-refractivity contribution in [3.63, 3.8) is 0 Å². The SMILES string of the molecule is COc1cc2ncnc(Oc3cccc(-c4cc(C(C)(C)C)nn4-c4ccc(C#N)cc4)c3)c2cc1OC. The highest BCUT2D eigenvalue weighted by molar-refractivity contribution is 5.87. The van der Waals surface area contributed by atoms with Crippen molar-refractivity contribution >= 4 is 10.9 Å². The zero-order chi connectivity index (χ0) is 26.9. The molecule has 0 aliphatic heterocycles. The van der Waals surface area contributed by atoms with Crippen molar-refractivity contribution < 1.29 is 14.2 Å². The normalized spacial score (nSPS) is 11.3. The molecular formula is C30H27N5O3. The zero-order valence-corrected chi connectivity index (χ0v) is 21.9. The average Bonchev–Trinajstić information content (AvgIpc) is 3.39. The summed E-state index contributed by atoms with van der Waals surface area (Å²) in [6.45, 7) is 6.39.